The molecule has 0 aromatic carbocycles. The Morgan fingerprint density at radius 2 is 0.786 bits per heavy atom. The maximum Gasteiger partial charge on any atom is 0.0494 e. The van der Waals surface area contributed by atoms with Crippen molar-refractivity contribution in [2.75, 3.05) is 26.4 Å². The predicted octanol–water partition coefficient (Wildman–Crippen LogP) is 7.01. The van der Waals surface area contributed by atoms with Gasteiger partial charge < -0.3 is 9.47 Å². The second-order valence-corrected chi connectivity index (χ2v) is 11.0. The van der Waals surface area contributed by atoms with E-state index in [4.69, 9.17) is 9.47 Å². The predicted molar refractivity (Wildman–Crippen MR) is 116 cm³/mol. The topological polar surface area (TPSA) is 18.5 Å². The molecule has 4 unspecified atom stereocenters. The largest absolute Gasteiger partial charge is 0.381 e. The van der Waals surface area contributed by atoms with E-state index in [-0.39, 0.29) is 0 Å². The van der Waals surface area contributed by atoms with Gasteiger partial charge in [0.15, 0.2) is 0 Å². The summed E-state index contributed by atoms with van der Waals surface area (Å²) in [7, 11) is 0. The highest BCUT2D eigenvalue weighted by atomic mass is 16.5. The highest BCUT2D eigenvalue weighted by molar-refractivity contribution is 4.86. The zero-order chi connectivity index (χ0) is 19.0. The monoisotopic (exact) mass is 390 g/mol. The fourth-order valence-electron chi connectivity index (χ4n) is 6.90. The maximum atomic E-state index is 6.20. The van der Waals surface area contributed by atoms with Gasteiger partial charge in [-0.25, -0.2) is 0 Å². The Bertz CT molecular complexity index is 384. The van der Waals surface area contributed by atoms with E-state index in [1.165, 1.54) is 103 Å². The number of hydrogen-bond donors (Lipinski definition) is 0. The van der Waals surface area contributed by atoms with Crippen LogP contribution in [0.15, 0.2) is 0 Å². The number of fused-ring (bicyclic) bond motifs is 1. The molecule has 0 radical (unpaired) electrons. The van der Waals surface area contributed by atoms with Crippen LogP contribution >= 0.6 is 0 Å². The molecule has 0 bridgehead atoms. The summed E-state index contributed by atoms with van der Waals surface area (Å²) in [6.07, 6.45) is 23.0. The van der Waals surface area contributed by atoms with Gasteiger partial charge in [0.2, 0.25) is 0 Å². The lowest BCUT2D eigenvalue weighted by atomic mass is 9.65. The normalized spacial score (nSPS) is 35.6. The van der Waals surface area contributed by atoms with Crippen LogP contribution in [0.1, 0.15) is 103 Å². The van der Waals surface area contributed by atoms with Crippen molar-refractivity contribution in [3.63, 3.8) is 0 Å². The van der Waals surface area contributed by atoms with Gasteiger partial charge in [-0.05, 0) is 99.7 Å². The van der Waals surface area contributed by atoms with E-state index in [9.17, 15) is 0 Å². The Balaban J connectivity index is 1.09. The zero-order valence-corrected chi connectivity index (χ0v) is 18.4. The van der Waals surface area contributed by atoms with Crippen LogP contribution in [0.5, 0.6) is 0 Å². The first-order valence-corrected chi connectivity index (χ1v) is 13.0. The quantitative estimate of drug-likeness (QED) is 0.443. The van der Waals surface area contributed by atoms with E-state index < -0.39 is 0 Å². The van der Waals surface area contributed by atoms with E-state index in [2.05, 4.69) is 0 Å². The second kappa shape index (κ2) is 11.3. The lowest BCUT2D eigenvalue weighted by molar-refractivity contribution is 0.000902. The number of ether oxygens (including phenoxy) is 2. The summed E-state index contributed by atoms with van der Waals surface area (Å²) in [5.41, 5.74) is 0. The lowest BCUT2D eigenvalue weighted by Gasteiger charge is -2.42. The van der Waals surface area contributed by atoms with E-state index in [1.807, 2.05) is 0 Å². The first kappa shape index (κ1) is 21.2. The van der Waals surface area contributed by atoms with Crippen LogP contribution in [-0.2, 0) is 9.47 Å². The van der Waals surface area contributed by atoms with Crippen LogP contribution < -0.4 is 0 Å². The minimum Gasteiger partial charge on any atom is -0.381 e. The standard InChI is InChI=1S/C26H46O2/c1-3-7-21(8-4-1)17-27-19-23-11-13-26-16-24(12-14-25(26)15-23)20-28-18-22-9-5-2-6-10-22/h21-26H,1-20H2. The van der Waals surface area contributed by atoms with Gasteiger partial charge >= 0.3 is 0 Å². The number of rotatable bonds is 8. The van der Waals surface area contributed by atoms with Gasteiger partial charge in [0.05, 0.1) is 0 Å². The van der Waals surface area contributed by atoms with E-state index in [0.29, 0.717) is 0 Å². The smallest absolute Gasteiger partial charge is 0.0494 e. The minimum atomic E-state index is 0.851. The van der Waals surface area contributed by atoms with Crippen molar-refractivity contribution in [3.8, 4) is 0 Å². The van der Waals surface area contributed by atoms with Crippen molar-refractivity contribution in [2.45, 2.75) is 103 Å². The molecule has 0 saturated heterocycles. The summed E-state index contributed by atoms with van der Waals surface area (Å²) in [6, 6.07) is 0. The van der Waals surface area contributed by atoms with Gasteiger partial charge in [0.1, 0.15) is 0 Å². The van der Waals surface area contributed by atoms with Crippen molar-refractivity contribution in [1.29, 1.82) is 0 Å². The average molecular weight is 391 g/mol. The van der Waals surface area contributed by atoms with Crippen molar-refractivity contribution in [2.24, 2.45) is 35.5 Å². The van der Waals surface area contributed by atoms with Gasteiger partial charge in [0, 0.05) is 26.4 Å². The molecule has 4 rings (SSSR count). The summed E-state index contributed by atoms with van der Waals surface area (Å²) in [6.45, 7) is 4.19. The molecule has 0 heterocycles. The molecule has 4 atom stereocenters. The Labute approximate surface area is 174 Å². The average Bonchev–Trinajstić information content (AvgIpc) is 2.75. The molecule has 4 aliphatic carbocycles. The van der Waals surface area contributed by atoms with Crippen LogP contribution in [0.25, 0.3) is 0 Å². The zero-order valence-electron chi connectivity index (χ0n) is 18.4. The molecule has 0 aliphatic heterocycles. The van der Waals surface area contributed by atoms with Crippen molar-refractivity contribution >= 4 is 0 Å². The maximum absolute atomic E-state index is 6.20. The molecule has 4 saturated carbocycles. The van der Waals surface area contributed by atoms with Gasteiger partial charge in [-0.1, -0.05) is 38.5 Å². The first-order chi connectivity index (χ1) is 13.9. The minimum absolute atomic E-state index is 0.851. The summed E-state index contributed by atoms with van der Waals surface area (Å²) in [5, 5.41) is 0. The molecular formula is C26H46O2. The molecule has 0 amide bonds. The van der Waals surface area contributed by atoms with E-state index in [1.54, 1.807) is 0 Å². The van der Waals surface area contributed by atoms with Gasteiger partial charge in [-0.15, -0.1) is 0 Å². The third kappa shape index (κ3) is 6.46. The summed E-state index contributed by atoms with van der Waals surface area (Å²) in [5.74, 6) is 5.43. The Hall–Kier alpha value is -0.0800. The summed E-state index contributed by atoms with van der Waals surface area (Å²) >= 11 is 0. The van der Waals surface area contributed by atoms with Crippen LogP contribution in [0, 0.1) is 35.5 Å². The van der Waals surface area contributed by atoms with Crippen molar-refractivity contribution in [3.05, 3.63) is 0 Å². The molecule has 0 aromatic heterocycles. The Morgan fingerprint density at radius 1 is 0.393 bits per heavy atom. The Morgan fingerprint density at radius 3 is 1.21 bits per heavy atom. The molecule has 2 nitrogen and oxygen atoms in total. The van der Waals surface area contributed by atoms with Crippen molar-refractivity contribution in [1.82, 2.24) is 0 Å². The number of hydrogen-bond acceptors (Lipinski definition) is 2. The second-order valence-electron chi connectivity index (χ2n) is 11.0. The van der Waals surface area contributed by atoms with Crippen LogP contribution in [-0.4, -0.2) is 26.4 Å². The van der Waals surface area contributed by atoms with Crippen molar-refractivity contribution < 1.29 is 9.47 Å². The summed E-state index contributed by atoms with van der Waals surface area (Å²) in [4.78, 5) is 0. The third-order valence-corrected chi connectivity index (χ3v) is 8.69. The molecule has 4 fully saturated rings. The van der Waals surface area contributed by atoms with Crippen LogP contribution in [0.2, 0.25) is 0 Å². The van der Waals surface area contributed by atoms with E-state index >= 15 is 0 Å². The Kier molecular flexibility index (Phi) is 8.58. The van der Waals surface area contributed by atoms with Crippen LogP contribution in [0.3, 0.4) is 0 Å². The molecular weight excluding hydrogens is 344 g/mol. The van der Waals surface area contributed by atoms with Gasteiger partial charge in [-0.2, -0.15) is 0 Å². The third-order valence-electron chi connectivity index (χ3n) is 8.69. The lowest BCUT2D eigenvalue weighted by Crippen LogP contribution is -2.34. The first-order valence-electron chi connectivity index (χ1n) is 13.0. The fourth-order valence-corrected chi connectivity index (χ4v) is 6.90. The highest BCUT2D eigenvalue weighted by Gasteiger charge is 2.35. The molecule has 0 spiro atoms. The fraction of sp³-hybridized carbons (Fsp3) is 1.00. The molecule has 2 heteroatoms. The molecule has 4 aliphatic rings. The van der Waals surface area contributed by atoms with Crippen LogP contribution in [0.4, 0.5) is 0 Å². The highest BCUT2D eigenvalue weighted by Crippen LogP contribution is 2.45. The molecule has 0 aromatic rings. The van der Waals surface area contributed by atoms with Gasteiger partial charge in [-0.3, -0.25) is 0 Å². The molecule has 162 valence electrons. The van der Waals surface area contributed by atoms with E-state index in [0.717, 1.165) is 61.9 Å². The van der Waals surface area contributed by atoms with Gasteiger partial charge in [0.25, 0.3) is 0 Å². The SMILES string of the molecule is C1CCC(COCC2CCC3CC(COCC4CCCCC4)CCC3C2)CC1. The summed E-state index contributed by atoms with van der Waals surface area (Å²) < 4.78 is 12.4. The molecule has 0 N–H and O–H groups in total. The molecule has 28 heavy (non-hydrogen) atoms.